The number of hydrogen-bond donors (Lipinski definition) is 1. The Kier molecular flexibility index (Phi) is 3.02. The summed E-state index contributed by atoms with van der Waals surface area (Å²) >= 11 is 0. The van der Waals surface area contributed by atoms with E-state index < -0.39 is 18.0 Å². The summed E-state index contributed by atoms with van der Waals surface area (Å²) in [5, 5.41) is 0. The van der Waals surface area contributed by atoms with Gasteiger partial charge in [0.2, 0.25) is 5.91 Å². The normalized spacial score (nSPS) is 13.6. The van der Waals surface area contributed by atoms with Gasteiger partial charge in [0, 0.05) is 5.56 Å². The zero-order valence-electron chi connectivity index (χ0n) is 8.01. The second-order valence-corrected chi connectivity index (χ2v) is 3.25. The highest BCUT2D eigenvalue weighted by molar-refractivity contribution is 5.92. The van der Waals surface area contributed by atoms with E-state index in [1.54, 1.807) is 0 Å². The van der Waals surface area contributed by atoms with Gasteiger partial charge >= 0.3 is 6.18 Å². The molecule has 1 rings (SSSR count). The van der Waals surface area contributed by atoms with Crippen LogP contribution in [0.5, 0.6) is 0 Å². The molecule has 0 aromatic heterocycles. The van der Waals surface area contributed by atoms with Crippen molar-refractivity contribution in [2.75, 3.05) is 0 Å². The number of benzene rings is 1. The molecule has 0 spiro atoms. The van der Waals surface area contributed by atoms with Crippen LogP contribution >= 0.6 is 0 Å². The highest BCUT2D eigenvalue weighted by Crippen LogP contribution is 2.34. The lowest BCUT2D eigenvalue weighted by atomic mass is 9.99. The minimum absolute atomic E-state index is 0.118. The summed E-state index contributed by atoms with van der Waals surface area (Å²) in [6.07, 6.45) is -4.27. The van der Waals surface area contributed by atoms with Crippen molar-refractivity contribution < 1.29 is 18.0 Å². The molecule has 0 bridgehead atoms. The number of halogens is 3. The molecule has 82 valence electrons. The number of primary amides is 1. The van der Waals surface area contributed by atoms with Crippen LogP contribution < -0.4 is 5.73 Å². The number of rotatable bonds is 2. The van der Waals surface area contributed by atoms with Gasteiger partial charge in [-0.05, 0) is 24.6 Å². The van der Waals surface area contributed by atoms with Crippen LogP contribution in [0, 0.1) is 0 Å². The second-order valence-electron chi connectivity index (χ2n) is 3.25. The van der Waals surface area contributed by atoms with E-state index in [-0.39, 0.29) is 11.1 Å². The maximum absolute atomic E-state index is 12.3. The van der Waals surface area contributed by atoms with Crippen molar-refractivity contribution in [3.8, 4) is 0 Å². The molecular formula is C10H10F3NO. The summed E-state index contributed by atoms with van der Waals surface area (Å²) in [6, 6.07) is 5.11. The summed E-state index contributed by atoms with van der Waals surface area (Å²) < 4.78 is 36.9. The topological polar surface area (TPSA) is 43.1 Å². The predicted octanol–water partition coefficient (Wildman–Crippen LogP) is 2.45. The smallest absolute Gasteiger partial charge is 0.366 e. The molecule has 0 saturated heterocycles. The van der Waals surface area contributed by atoms with E-state index in [0.717, 1.165) is 6.92 Å². The molecule has 0 fully saturated rings. The van der Waals surface area contributed by atoms with E-state index >= 15 is 0 Å². The third-order valence-corrected chi connectivity index (χ3v) is 2.19. The summed E-state index contributed by atoms with van der Waals surface area (Å²) in [6.45, 7) is 1.07. The number of nitrogens with two attached hydrogens (primary N) is 1. The first-order chi connectivity index (χ1) is 6.82. The zero-order valence-corrected chi connectivity index (χ0v) is 8.01. The maximum Gasteiger partial charge on any atom is 0.395 e. The summed E-state index contributed by atoms with van der Waals surface area (Å²) in [5.74, 6) is -2.19. The second kappa shape index (κ2) is 3.92. The molecule has 0 aliphatic rings. The molecule has 1 unspecified atom stereocenters. The predicted molar refractivity (Wildman–Crippen MR) is 49.4 cm³/mol. The summed E-state index contributed by atoms with van der Waals surface area (Å²) in [4.78, 5) is 10.7. The van der Waals surface area contributed by atoms with E-state index in [4.69, 9.17) is 5.73 Å². The first-order valence-electron chi connectivity index (χ1n) is 4.29. The van der Waals surface area contributed by atoms with E-state index in [1.165, 1.54) is 24.3 Å². The zero-order chi connectivity index (χ0) is 11.6. The van der Waals surface area contributed by atoms with Crippen LogP contribution in [-0.4, -0.2) is 12.1 Å². The largest absolute Gasteiger partial charge is 0.395 e. The lowest BCUT2D eigenvalue weighted by molar-refractivity contribution is -0.146. The van der Waals surface area contributed by atoms with Gasteiger partial charge in [-0.3, -0.25) is 4.79 Å². The van der Waals surface area contributed by atoms with Crippen LogP contribution in [0.15, 0.2) is 24.3 Å². The van der Waals surface area contributed by atoms with Gasteiger partial charge in [0.25, 0.3) is 0 Å². The average Bonchev–Trinajstić information content (AvgIpc) is 2.15. The summed E-state index contributed by atoms with van der Waals surface area (Å²) in [7, 11) is 0. The number of amides is 1. The fourth-order valence-corrected chi connectivity index (χ4v) is 1.13. The minimum atomic E-state index is -4.27. The standard InChI is InChI=1S/C10H10F3NO/c1-6(10(11,12)13)7-2-4-8(5-3-7)9(14)15/h2-6H,1H3,(H2,14,15). The number of carbonyl (C=O) groups excluding carboxylic acids is 1. The van der Waals surface area contributed by atoms with E-state index in [1.807, 2.05) is 0 Å². The SMILES string of the molecule is CC(c1ccc(C(N)=O)cc1)C(F)(F)F. The van der Waals surface area contributed by atoms with Gasteiger partial charge in [-0.2, -0.15) is 13.2 Å². The summed E-state index contributed by atoms with van der Waals surface area (Å²) in [5.41, 5.74) is 5.28. The molecule has 5 heteroatoms. The van der Waals surface area contributed by atoms with Crippen LogP contribution in [0.25, 0.3) is 0 Å². The van der Waals surface area contributed by atoms with Gasteiger partial charge in [-0.15, -0.1) is 0 Å². The van der Waals surface area contributed by atoms with Crippen molar-refractivity contribution in [3.63, 3.8) is 0 Å². The molecule has 0 radical (unpaired) electrons. The minimum Gasteiger partial charge on any atom is -0.366 e. The van der Waals surface area contributed by atoms with Gasteiger partial charge in [0.15, 0.2) is 0 Å². The van der Waals surface area contributed by atoms with E-state index in [0.29, 0.717) is 0 Å². The van der Waals surface area contributed by atoms with Crippen LogP contribution in [0.4, 0.5) is 13.2 Å². The molecule has 2 nitrogen and oxygen atoms in total. The Balaban J connectivity index is 2.94. The molecular weight excluding hydrogens is 207 g/mol. The maximum atomic E-state index is 12.3. The van der Waals surface area contributed by atoms with Gasteiger partial charge in [0.05, 0.1) is 5.92 Å². The molecule has 15 heavy (non-hydrogen) atoms. The first kappa shape index (κ1) is 11.6. The molecule has 1 aromatic rings. The number of carbonyl (C=O) groups is 1. The molecule has 0 aliphatic heterocycles. The average molecular weight is 217 g/mol. The highest BCUT2D eigenvalue weighted by Gasteiger charge is 2.36. The van der Waals surface area contributed by atoms with Gasteiger partial charge < -0.3 is 5.73 Å². The Morgan fingerprint density at radius 2 is 1.73 bits per heavy atom. The Morgan fingerprint density at radius 3 is 2.07 bits per heavy atom. The van der Waals surface area contributed by atoms with Crippen LogP contribution in [-0.2, 0) is 0 Å². The lowest BCUT2D eigenvalue weighted by Gasteiger charge is -2.15. The molecule has 0 saturated carbocycles. The fraction of sp³-hybridized carbons (Fsp3) is 0.300. The number of hydrogen-bond acceptors (Lipinski definition) is 1. The lowest BCUT2D eigenvalue weighted by Crippen LogP contribution is -2.18. The quantitative estimate of drug-likeness (QED) is 0.812. The van der Waals surface area contributed by atoms with Gasteiger partial charge in [0.1, 0.15) is 0 Å². The van der Waals surface area contributed by atoms with Crippen LogP contribution in [0.2, 0.25) is 0 Å². The Hall–Kier alpha value is -1.52. The van der Waals surface area contributed by atoms with Crippen molar-refractivity contribution in [2.24, 2.45) is 5.73 Å². The first-order valence-corrected chi connectivity index (χ1v) is 4.29. The molecule has 0 heterocycles. The van der Waals surface area contributed by atoms with Crippen molar-refractivity contribution in [1.82, 2.24) is 0 Å². The molecule has 2 N–H and O–H groups in total. The third-order valence-electron chi connectivity index (χ3n) is 2.19. The van der Waals surface area contributed by atoms with Crippen molar-refractivity contribution in [1.29, 1.82) is 0 Å². The Morgan fingerprint density at radius 1 is 1.27 bits per heavy atom. The van der Waals surface area contributed by atoms with Gasteiger partial charge in [-0.25, -0.2) is 0 Å². The molecule has 1 amide bonds. The van der Waals surface area contributed by atoms with E-state index in [9.17, 15) is 18.0 Å². The molecule has 0 aliphatic carbocycles. The molecule has 1 atom stereocenters. The fourth-order valence-electron chi connectivity index (χ4n) is 1.13. The molecule has 1 aromatic carbocycles. The van der Waals surface area contributed by atoms with Gasteiger partial charge in [-0.1, -0.05) is 12.1 Å². The highest BCUT2D eigenvalue weighted by atomic mass is 19.4. The van der Waals surface area contributed by atoms with Crippen LogP contribution in [0.1, 0.15) is 28.8 Å². The third kappa shape index (κ3) is 2.71. The Labute approximate surface area is 84.9 Å². The van der Waals surface area contributed by atoms with Crippen molar-refractivity contribution >= 4 is 5.91 Å². The van der Waals surface area contributed by atoms with Crippen molar-refractivity contribution in [3.05, 3.63) is 35.4 Å². The van der Waals surface area contributed by atoms with Crippen molar-refractivity contribution in [2.45, 2.75) is 19.0 Å². The van der Waals surface area contributed by atoms with Crippen LogP contribution in [0.3, 0.4) is 0 Å². The monoisotopic (exact) mass is 217 g/mol. The number of alkyl halides is 3. The van der Waals surface area contributed by atoms with E-state index in [2.05, 4.69) is 0 Å². The Bertz CT molecular complexity index is 356.